The first-order valence-corrected chi connectivity index (χ1v) is 6.98. The molecule has 1 nitrogen and oxygen atoms in total. The molecular weight excluding hydrogens is 250 g/mol. The summed E-state index contributed by atoms with van der Waals surface area (Å²) in [4.78, 5) is 1.26. The Morgan fingerprint density at radius 1 is 1.29 bits per heavy atom. The molecule has 2 rings (SSSR count). The van der Waals surface area contributed by atoms with Crippen LogP contribution in [0.15, 0.2) is 35.7 Å². The van der Waals surface area contributed by atoms with E-state index in [9.17, 15) is 0 Å². The summed E-state index contributed by atoms with van der Waals surface area (Å²) in [6.45, 7) is 5.09. The van der Waals surface area contributed by atoms with Gasteiger partial charge in [-0.2, -0.15) is 0 Å². The van der Waals surface area contributed by atoms with E-state index in [0.29, 0.717) is 6.04 Å². The van der Waals surface area contributed by atoms with Crippen LogP contribution in [0.4, 0.5) is 0 Å². The largest absolute Gasteiger partial charge is 0.310 e. The van der Waals surface area contributed by atoms with Gasteiger partial charge in [0.1, 0.15) is 0 Å². The van der Waals surface area contributed by atoms with E-state index in [4.69, 9.17) is 11.6 Å². The van der Waals surface area contributed by atoms with E-state index < -0.39 is 0 Å². The Labute approximate surface area is 111 Å². The molecule has 3 heteroatoms. The summed E-state index contributed by atoms with van der Waals surface area (Å²) in [6.07, 6.45) is 0. The minimum Gasteiger partial charge on any atom is -0.310 e. The molecule has 17 heavy (non-hydrogen) atoms. The van der Waals surface area contributed by atoms with Crippen LogP contribution in [0.25, 0.3) is 10.4 Å². The zero-order chi connectivity index (χ0) is 12.3. The third-order valence-corrected chi connectivity index (χ3v) is 3.83. The zero-order valence-corrected chi connectivity index (χ0v) is 11.6. The number of benzene rings is 1. The monoisotopic (exact) mass is 265 g/mol. The van der Waals surface area contributed by atoms with Gasteiger partial charge in [0.05, 0.1) is 0 Å². The van der Waals surface area contributed by atoms with Crippen LogP contribution in [-0.2, 0) is 6.54 Å². The Balaban J connectivity index is 2.17. The van der Waals surface area contributed by atoms with Crippen LogP contribution in [0, 0.1) is 0 Å². The number of nitrogens with one attached hydrogen (secondary N) is 1. The summed E-state index contributed by atoms with van der Waals surface area (Å²) in [5.74, 6) is 0. The third kappa shape index (κ3) is 3.32. The van der Waals surface area contributed by atoms with Crippen molar-refractivity contribution >= 4 is 22.9 Å². The first kappa shape index (κ1) is 12.6. The van der Waals surface area contributed by atoms with Crippen molar-refractivity contribution in [3.8, 4) is 10.4 Å². The van der Waals surface area contributed by atoms with Gasteiger partial charge in [-0.1, -0.05) is 43.6 Å². The van der Waals surface area contributed by atoms with Gasteiger partial charge >= 0.3 is 0 Å². The molecule has 0 aliphatic rings. The van der Waals surface area contributed by atoms with Gasteiger partial charge in [-0.15, -0.1) is 11.3 Å². The van der Waals surface area contributed by atoms with E-state index in [1.807, 2.05) is 6.07 Å². The van der Waals surface area contributed by atoms with E-state index in [1.165, 1.54) is 10.4 Å². The average Bonchev–Trinajstić information content (AvgIpc) is 2.80. The van der Waals surface area contributed by atoms with E-state index in [1.54, 1.807) is 11.3 Å². The van der Waals surface area contributed by atoms with Crippen LogP contribution < -0.4 is 5.32 Å². The molecule has 1 heterocycles. The maximum absolute atomic E-state index is 6.29. The molecular formula is C14H16ClNS. The van der Waals surface area contributed by atoms with E-state index in [2.05, 4.69) is 48.8 Å². The first-order chi connectivity index (χ1) is 8.16. The van der Waals surface area contributed by atoms with Gasteiger partial charge in [0.2, 0.25) is 0 Å². The van der Waals surface area contributed by atoms with Crippen molar-refractivity contribution in [3.63, 3.8) is 0 Å². The summed E-state index contributed by atoms with van der Waals surface area (Å²) in [6, 6.07) is 10.9. The molecule has 0 aliphatic carbocycles. The van der Waals surface area contributed by atoms with Crippen LogP contribution >= 0.6 is 22.9 Å². The van der Waals surface area contributed by atoms with Crippen LogP contribution in [0.2, 0.25) is 5.02 Å². The minimum atomic E-state index is 0.475. The smallest absolute Gasteiger partial charge is 0.0457 e. The van der Waals surface area contributed by atoms with Crippen molar-refractivity contribution in [1.82, 2.24) is 5.32 Å². The maximum Gasteiger partial charge on any atom is 0.0457 e. The Bertz CT molecular complexity index is 477. The highest BCUT2D eigenvalue weighted by Gasteiger charge is 2.04. The fourth-order valence-electron chi connectivity index (χ4n) is 1.60. The standard InChI is InChI=1S/C14H16ClNS/c1-10(2)16-9-12-6-5-11(8-13(12)15)14-4-3-7-17-14/h3-8,10,16H,9H2,1-2H3. The highest BCUT2D eigenvalue weighted by Crippen LogP contribution is 2.28. The molecule has 0 radical (unpaired) electrons. The van der Waals surface area contributed by atoms with E-state index in [-0.39, 0.29) is 0 Å². The fraction of sp³-hybridized carbons (Fsp3) is 0.286. The van der Waals surface area contributed by atoms with Gasteiger partial charge in [0.15, 0.2) is 0 Å². The van der Waals surface area contributed by atoms with E-state index >= 15 is 0 Å². The molecule has 0 unspecified atom stereocenters. The lowest BCUT2D eigenvalue weighted by Gasteiger charge is -2.10. The number of hydrogen-bond donors (Lipinski definition) is 1. The Kier molecular flexibility index (Phi) is 4.21. The maximum atomic E-state index is 6.29. The number of thiophene rings is 1. The van der Waals surface area contributed by atoms with Gasteiger partial charge < -0.3 is 5.32 Å². The van der Waals surface area contributed by atoms with Gasteiger partial charge in [0, 0.05) is 22.5 Å². The van der Waals surface area contributed by atoms with Gasteiger partial charge in [-0.25, -0.2) is 0 Å². The van der Waals surface area contributed by atoms with Crippen LogP contribution in [-0.4, -0.2) is 6.04 Å². The highest BCUT2D eigenvalue weighted by molar-refractivity contribution is 7.13. The second kappa shape index (κ2) is 5.67. The normalized spacial score (nSPS) is 11.1. The van der Waals surface area contributed by atoms with Crippen molar-refractivity contribution in [2.45, 2.75) is 26.4 Å². The van der Waals surface area contributed by atoms with Crippen molar-refractivity contribution in [3.05, 3.63) is 46.3 Å². The molecule has 0 aliphatic heterocycles. The molecule has 1 N–H and O–H groups in total. The molecule has 0 fully saturated rings. The predicted octanol–water partition coefficient (Wildman–Crippen LogP) is 4.57. The molecule has 0 bridgehead atoms. The first-order valence-electron chi connectivity index (χ1n) is 5.72. The number of hydrogen-bond acceptors (Lipinski definition) is 2. The summed E-state index contributed by atoms with van der Waals surface area (Å²) >= 11 is 8.03. The average molecular weight is 266 g/mol. The SMILES string of the molecule is CC(C)NCc1ccc(-c2cccs2)cc1Cl. The van der Waals surface area contributed by atoms with Crippen molar-refractivity contribution < 1.29 is 0 Å². The summed E-state index contributed by atoms with van der Waals surface area (Å²) < 4.78 is 0. The molecule has 0 spiro atoms. The fourth-order valence-corrected chi connectivity index (χ4v) is 2.57. The van der Waals surface area contributed by atoms with Crippen molar-refractivity contribution in [2.24, 2.45) is 0 Å². The topological polar surface area (TPSA) is 12.0 Å². The van der Waals surface area contributed by atoms with Gasteiger partial charge in [-0.05, 0) is 28.6 Å². The lowest BCUT2D eigenvalue weighted by atomic mass is 10.1. The quantitative estimate of drug-likeness (QED) is 0.854. The van der Waals surface area contributed by atoms with Crippen molar-refractivity contribution in [1.29, 1.82) is 0 Å². The number of halogens is 1. The molecule has 0 atom stereocenters. The lowest BCUT2D eigenvalue weighted by molar-refractivity contribution is 0.589. The molecule has 1 aromatic carbocycles. The summed E-state index contributed by atoms with van der Waals surface area (Å²) in [5.41, 5.74) is 2.35. The highest BCUT2D eigenvalue weighted by atomic mass is 35.5. The van der Waals surface area contributed by atoms with Crippen LogP contribution in [0.1, 0.15) is 19.4 Å². The zero-order valence-electron chi connectivity index (χ0n) is 10.0. The molecule has 1 aromatic heterocycles. The second-order valence-corrected chi connectivity index (χ2v) is 5.67. The Morgan fingerprint density at radius 2 is 2.12 bits per heavy atom. The van der Waals surface area contributed by atoms with E-state index in [0.717, 1.165) is 17.1 Å². The Hall–Kier alpha value is -0.830. The number of rotatable bonds is 4. The second-order valence-electron chi connectivity index (χ2n) is 4.32. The molecule has 0 saturated heterocycles. The van der Waals surface area contributed by atoms with Crippen LogP contribution in [0.5, 0.6) is 0 Å². The predicted molar refractivity (Wildman–Crippen MR) is 76.7 cm³/mol. The summed E-state index contributed by atoms with van der Waals surface area (Å²) in [5, 5.41) is 6.29. The third-order valence-electron chi connectivity index (χ3n) is 2.56. The van der Waals surface area contributed by atoms with Gasteiger partial charge in [0.25, 0.3) is 0 Å². The molecule has 0 amide bonds. The lowest BCUT2D eigenvalue weighted by Crippen LogP contribution is -2.21. The molecule has 0 saturated carbocycles. The minimum absolute atomic E-state index is 0.475. The Morgan fingerprint density at radius 3 is 2.71 bits per heavy atom. The molecule has 2 aromatic rings. The van der Waals surface area contributed by atoms with Gasteiger partial charge in [-0.3, -0.25) is 0 Å². The molecule has 90 valence electrons. The summed E-state index contributed by atoms with van der Waals surface area (Å²) in [7, 11) is 0. The van der Waals surface area contributed by atoms with Crippen LogP contribution in [0.3, 0.4) is 0 Å². The van der Waals surface area contributed by atoms with Crippen molar-refractivity contribution in [2.75, 3.05) is 0 Å².